The molecule has 2 heterocycles. The number of rotatable bonds is 3. The minimum absolute atomic E-state index is 0.526. The average molecular weight is 304 g/mol. The van der Waals surface area contributed by atoms with Crippen molar-refractivity contribution in [2.24, 2.45) is 5.92 Å². The summed E-state index contributed by atoms with van der Waals surface area (Å²) in [6, 6.07) is 1.71. The molecule has 1 aromatic heterocycles. The number of hydrogen-bond acceptors (Lipinski definition) is 5. The van der Waals surface area contributed by atoms with Gasteiger partial charge in [0.2, 0.25) is 0 Å². The molecule has 1 fully saturated rings. The molecule has 1 saturated heterocycles. The second-order valence-electron chi connectivity index (χ2n) is 4.29. The molecular formula is C11H11Cl2N3OS. The molecule has 4 nitrogen and oxygen atoms in total. The van der Waals surface area contributed by atoms with Gasteiger partial charge in [-0.1, -0.05) is 23.2 Å². The van der Waals surface area contributed by atoms with E-state index in [0.717, 1.165) is 49.1 Å². The zero-order chi connectivity index (χ0) is 12.5. The summed E-state index contributed by atoms with van der Waals surface area (Å²) in [5.41, 5.74) is 2.27. The molecule has 0 aliphatic carbocycles. The number of anilines is 1. The van der Waals surface area contributed by atoms with Gasteiger partial charge in [-0.3, -0.25) is 0 Å². The first-order chi connectivity index (χ1) is 8.75. The van der Waals surface area contributed by atoms with Crippen molar-refractivity contribution in [3.05, 3.63) is 16.1 Å². The van der Waals surface area contributed by atoms with E-state index in [9.17, 15) is 0 Å². The van der Waals surface area contributed by atoms with Crippen molar-refractivity contribution >= 4 is 51.7 Å². The topological polar surface area (TPSA) is 47.0 Å². The van der Waals surface area contributed by atoms with Crippen LogP contribution in [-0.2, 0) is 4.74 Å². The van der Waals surface area contributed by atoms with E-state index in [-0.39, 0.29) is 0 Å². The summed E-state index contributed by atoms with van der Waals surface area (Å²) in [5.74, 6) is 0.526. The van der Waals surface area contributed by atoms with E-state index in [4.69, 9.17) is 27.9 Å². The van der Waals surface area contributed by atoms with Crippen LogP contribution in [-0.4, -0.2) is 28.5 Å². The number of halogens is 2. The Labute approximate surface area is 119 Å². The third kappa shape index (κ3) is 2.28. The molecule has 0 amide bonds. The van der Waals surface area contributed by atoms with Crippen molar-refractivity contribution in [3.8, 4) is 0 Å². The molecule has 7 heteroatoms. The van der Waals surface area contributed by atoms with Gasteiger partial charge in [-0.2, -0.15) is 8.75 Å². The van der Waals surface area contributed by atoms with Gasteiger partial charge in [0.05, 0.1) is 34.1 Å². The second kappa shape index (κ2) is 5.17. The molecule has 1 atom stereocenters. The summed E-state index contributed by atoms with van der Waals surface area (Å²) in [6.07, 6.45) is 1.08. The first-order valence-electron chi connectivity index (χ1n) is 5.67. The lowest BCUT2D eigenvalue weighted by molar-refractivity contribution is 0.187. The van der Waals surface area contributed by atoms with Crippen LogP contribution in [0.2, 0.25) is 10.0 Å². The highest BCUT2D eigenvalue weighted by molar-refractivity contribution is 7.00. The van der Waals surface area contributed by atoms with Crippen LogP contribution >= 0.6 is 34.9 Å². The number of fused-ring (bicyclic) bond motifs is 1. The monoisotopic (exact) mass is 303 g/mol. The number of aromatic nitrogens is 2. The van der Waals surface area contributed by atoms with Gasteiger partial charge in [0, 0.05) is 19.1 Å². The Morgan fingerprint density at radius 1 is 1.33 bits per heavy atom. The largest absolute Gasteiger partial charge is 0.382 e. The zero-order valence-electron chi connectivity index (χ0n) is 9.45. The Balaban J connectivity index is 1.88. The average Bonchev–Trinajstić information content (AvgIpc) is 2.98. The third-order valence-corrected chi connectivity index (χ3v) is 4.15. The molecule has 18 heavy (non-hydrogen) atoms. The van der Waals surface area contributed by atoms with Crippen molar-refractivity contribution in [2.75, 3.05) is 25.1 Å². The van der Waals surface area contributed by atoms with Gasteiger partial charge < -0.3 is 10.1 Å². The Hall–Kier alpha value is -0.620. The van der Waals surface area contributed by atoms with E-state index in [1.54, 1.807) is 6.07 Å². The quantitative estimate of drug-likeness (QED) is 0.943. The number of nitrogens with one attached hydrogen (secondary N) is 1. The lowest BCUT2D eigenvalue weighted by Gasteiger charge is -2.12. The van der Waals surface area contributed by atoms with Crippen LogP contribution in [0.3, 0.4) is 0 Å². The predicted octanol–water partition coefficient (Wildman–Crippen LogP) is 3.45. The fraction of sp³-hybridized carbons (Fsp3) is 0.455. The van der Waals surface area contributed by atoms with E-state index in [2.05, 4.69) is 14.1 Å². The van der Waals surface area contributed by atoms with Crippen LogP contribution in [0.4, 0.5) is 5.69 Å². The Bertz CT molecular complexity index is 569. The van der Waals surface area contributed by atoms with Crippen LogP contribution in [0.25, 0.3) is 11.0 Å². The van der Waals surface area contributed by atoms with E-state index in [1.165, 1.54) is 0 Å². The van der Waals surface area contributed by atoms with E-state index in [1.807, 2.05) is 0 Å². The maximum Gasteiger partial charge on any atom is 0.130 e. The maximum absolute atomic E-state index is 6.21. The molecule has 1 N–H and O–H groups in total. The minimum atomic E-state index is 0.526. The molecule has 0 saturated carbocycles. The number of benzene rings is 1. The van der Waals surface area contributed by atoms with Crippen LogP contribution in [0, 0.1) is 5.92 Å². The Kier molecular flexibility index (Phi) is 3.56. The summed E-state index contributed by atoms with van der Waals surface area (Å²) in [5, 5.41) is 4.47. The molecule has 96 valence electrons. The smallest absolute Gasteiger partial charge is 0.130 e. The van der Waals surface area contributed by atoms with E-state index >= 15 is 0 Å². The third-order valence-electron chi connectivity index (χ3n) is 3.04. The Morgan fingerprint density at radius 3 is 2.94 bits per heavy atom. The first kappa shape index (κ1) is 12.4. The van der Waals surface area contributed by atoms with Crippen molar-refractivity contribution in [1.29, 1.82) is 0 Å². The van der Waals surface area contributed by atoms with Gasteiger partial charge >= 0.3 is 0 Å². The molecule has 0 radical (unpaired) electrons. The number of hydrogen-bond donors (Lipinski definition) is 1. The van der Waals surface area contributed by atoms with Crippen molar-refractivity contribution in [1.82, 2.24) is 8.75 Å². The molecule has 1 aliphatic rings. The highest BCUT2D eigenvalue weighted by atomic mass is 35.5. The van der Waals surface area contributed by atoms with Crippen molar-refractivity contribution in [3.63, 3.8) is 0 Å². The summed E-state index contributed by atoms with van der Waals surface area (Å²) in [4.78, 5) is 0. The predicted molar refractivity (Wildman–Crippen MR) is 74.9 cm³/mol. The summed E-state index contributed by atoms with van der Waals surface area (Å²) in [7, 11) is 0. The van der Waals surface area contributed by atoms with Gasteiger partial charge in [0.1, 0.15) is 11.0 Å². The van der Waals surface area contributed by atoms with Gasteiger partial charge in [0.25, 0.3) is 0 Å². The van der Waals surface area contributed by atoms with Crippen LogP contribution < -0.4 is 5.32 Å². The highest BCUT2D eigenvalue weighted by Gasteiger charge is 2.18. The molecule has 3 rings (SSSR count). The number of ether oxygens (including phenoxy) is 1. The minimum Gasteiger partial charge on any atom is -0.382 e. The summed E-state index contributed by atoms with van der Waals surface area (Å²) in [6.45, 7) is 2.47. The molecular weight excluding hydrogens is 293 g/mol. The standard InChI is InChI=1S/C11H11Cl2N3OS/c12-7-3-8(13)10-11(16-18-15-10)9(7)14-4-6-1-2-17-5-6/h3,6,14H,1-2,4-5H2. The number of nitrogens with zero attached hydrogens (tertiary/aromatic N) is 2. The lowest BCUT2D eigenvalue weighted by atomic mass is 10.1. The van der Waals surface area contributed by atoms with Gasteiger partial charge in [-0.25, -0.2) is 0 Å². The molecule has 0 bridgehead atoms. The fourth-order valence-electron chi connectivity index (χ4n) is 2.03. The molecule has 0 spiro atoms. The van der Waals surface area contributed by atoms with Crippen LogP contribution in [0.5, 0.6) is 0 Å². The van der Waals surface area contributed by atoms with E-state index < -0.39 is 0 Å². The lowest BCUT2D eigenvalue weighted by Crippen LogP contribution is -2.14. The molecule has 1 aliphatic heterocycles. The van der Waals surface area contributed by atoms with Gasteiger partial charge in [-0.15, -0.1) is 0 Å². The second-order valence-corrected chi connectivity index (χ2v) is 5.63. The molecule has 2 aromatic rings. The van der Waals surface area contributed by atoms with Gasteiger partial charge in [-0.05, 0) is 12.5 Å². The van der Waals surface area contributed by atoms with E-state index in [0.29, 0.717) is 21.5 Å². The van der Waals surface area contributed by atoms with Gasteiger partial charge in [0.15, 0.2) is 0 Å². The summed E-state index contributed by atoms with van der Waals surface area (Å²) < 4.78 is 13.8. The highest BCUT2D eigenvalue weighted by Crippen LogP contribution is 2.35. The van der Waals surface area contributed by atoms with Crippen molar-refractivity contribution < 1.29 is 4.74 Å². The van der Waals surface area contributed by atoms with Crippen molar-refractivity contribution in [2.45, 2.75) is 6.42 Å². The SMILES string of the molecule is Clc1cc(Cl)c2nsnc2c1NCC1CCOC1. The first-order valence-corrected chi connectivity index (χ1v) is 7.16. The van der Waals surface area contributed by atoms with Crippen LogP contribution in [0.15, 0.2) is 6.07 Å². The zero-order valence-corrected chi connectivity index (χ0v) is 11.8. The maximum atomic E-state index is 6.21. The Morgan fingerprint density at radius 2 is 2.17 bits per heavy atom. The molecule has 1 unspecified atom stereocenters. The molecule has 1 aromatic carbocycles. The normalized spacial score (nSPS) is 19.6. The summed E-state index contributed by atoms with van der Waals surface area (Å²) >= 11 is 13.4. The fourth-order valence-corrected chi connectivity index (χ4v) is 3.21. The van der Waals surface area contributed by atoms with Crippen LogP contribution in [0.1, 0.15) is 6.42 Å².